The van der Waals surface area contributed by atoms with Crippen molar-refractivity contribution in [1.29, 1.82) is 0 Å². The van der Waals surface area contributed by atoms with Gasteiger partial charge in [0.05, 0.1) is 5.52 Å². The lowest BCUT2D eigenvalue weighted by molar-refractivity contribution is 1.06. The van der Waals surface area contributed by atoms with Gasteiger partial charge in [0.25, 0.3) is 0 Å². The molecule has 0 amide bonds. The molecule has 0 saturated heterocycles. The van der Waals surface area contributed by atoms with E-state index >= 15 is 0 Å². The molecule has 0 atom stereocenters. The van der Waals surface area contributed by atoms with Gasteiger partial charge in [-0.25, -0.2) is 0 Å². The number of aryl methyl sites for hydroxylation is 1. The van der Waals surface area contributed by atoms with Crippen LogP contribution in [0.5, 0.6) is 0 Å². The fourth-order valence-electron chi connectivity index (χ4n) is 3.01. The van der Waals surface area contributed by atoms with Crippen LogP contribution in [0.15, 0.2) is 48.5 Å². The van der Waals surface area contributed by atoms with Crippen LogP contribution in [0.3, 0.4) is 0 Å². The van der Waals surface area contributed by atoms with Gasteiger partial charge in [0.15, 0.2) is 0 Å². The van der Waals surface area contributed by atoms with Crippen molar-refractivity contribution in [3.63, 3.8) is 0 Å². The van der Waals surface area contributed by atoms with Gasteiger partial charge in [-0.1, -0.05) is 48.9 Å². The summed E-state index contributed by atoms with van der Waals surface area (Å²) in [6, 6.07) is 17.3. The van der Waals surface area contributed by atoms with Crippen LogP contribution in [0.4, 0.5) is 0 Å². The molecule has 0 aliphatic rings. The molecule has 0 radical (unpaired) electrons. The van der Waals surface area contributed by atoms with E-state index in [0.29, 0.717) is 0 Å². The standard InChI is InChI=1S/C20H21N/c1-4-9-17-18-14-15(3)12-13-20(18)21(19(17)5-2)16-10-7-6-8-11-16/h5-14H,4H2,1-3H3/b17-9-,19-5+. The molecule has 0 N–H and O–H groups in total. The molecule has 0 bridgehead atoms. The molecule has 3 rings (SSSR count). The number of hydrogen-bond acceptors (Lipinski definition) is 0. The Labute approximate surface area is 125 Å². The number of hydrogen-bond donors (Lipinski definition) is 0. The van der Waals surface area contributed by atoms with Gasteiger partial charge < -0.3 is 4.57 Å². The van der Waals surface area contributed by atoms with Gasteiger partial charge in [0.2, 0.25) is 0 Å². The van der Waals surface area contributed by atoms with Gasteiger partial charge in [-0.3, -0.25) is 0 Å². The van der Waals surface area contributed by atoms with Crippen LogP contribution in [0.25, 0.3) is 28.7 Å². The largest absolute Gasteiger partial charge is 0.310 e. The molecular weight excluding hydrogens is 254 g/mol. The average Bonchev–Trinajstić information content (AvgIpc) is 2.82. The maximum absolute atomic E-state index is 2.36. The lowest BCUT2D eigenvalue weighted by atomic mass is 10.1. The molecule has 2 aromatic carbocycles. The second kappa shape index (κ2) is 5.61. The van der Waals surface area contributed by atoms with Gasteiger partial charge in [0.1, 0.15) is 0 Å². The SMILES string of the molecule is C/C=c1\c(=C/CC)c2cc(C)ccc2n1-c1ccccc1. The van der Waals surface area contributed by atoms with Crippen molar-refractivity contribution in [2.45, 2.75) is 27.2 Å². The zero-order valence-electron chi connectivity index (χ0n) is 12.9. The van der Waals surface area contributed by atoms with Crippen LogP contribution in [0.1, 0.15) is 25.8 Å². The van der Waals surface area contributed by atoms with Crippen LogP contribution in [0.2, 0.25) is 0 Å². The highest BCUT2D eigenvalue weighted by atomic mass is 15.0. The number of nitrogens with zero attached hydrogens (tertiary/aromatic N) is 1. The van der Waals surface area contributed by atoms with Crippen molar-refractivity contribution in [2.75, 3.05) is 0 Å². The van der Waals surface area contributed by atoms with E-state index < -0.39 is 0 Å². The van der Waals surface area contributed by atoms with Crippen LogP contribution >= 0.6 is 0 Å². The van der Waals surface area contributed by atoms with Gasteiger partial charge in [-0.05, 0) is 44.5 Å². The first-order chi connectivity index (χ1) is 10.3. The first-order valence-electron chi connectivity index (χ1n) is 7.59. The number of aromatic nitrogens is 1. The zero-order valence-corrected chi connectivity index (χ0v) is 12.9. The monoisotopic (exact) mass is 275 g/mol. The summed E-state index contributed by atoms with van der Waals surface area (Å²) in [7, 11) is 0. The van der Waals surface area contributed by atoms with Gasteiger partial charge in [0, 0.05) is 21.6 Å². The Morgan fingerprint density at radius 1 is 1.05 bits per heavy atom. The highest BCUT2D eigenvalue weighted by Crippen LogP contribution is 2.16. The second-order valence-electron chi connectivity index (χ2n) is 5.39. The van der Waals surface area contributed by atoms with Crippen molar-refractivity contribution in [1.82, 2.24) is 4.57 Å². The topological polar surface area (TPSA) is 4.93 Å². The Kier molecular flexibility index (Phi) is 3.66. The summed E-state index contributed by atoms with van der Waals surface area (Å²) in [5.41, 5.74) is 3.80. The Morgan fingerprint density at radius 2 is 1.81 bits per heavy atom. The summed E-state index contributed by atoms with van der Waals surface area (Å²) in [5.74, 6) is 0. The predicted octanol–water partition coefficient (Wildman–Crippen LogP) is 3.93. The molecule has 0 aliphatic carbocycles. The first-order valence-corrected chi connectivity index (χ1v) is 7.59. The Morgan fingerprint density at radius 3 is 2.48 bits per heavy atom. The third kappa shape index (κ3) is 2.29. The summed E-state index contributed by atoms with van der Waals surface area (Å²) in [4.78, 5) is 0. The van der Waals surface area contributed by atoms with Gasteiger partial charge >= 0.3 is 0 Å². The highest BCUT2D eigenvalue weighted by Gasteiger charge is 2.08. The molecule has 21 heavy (non-hydrogen) atoms. The van der Waals surface area contributed by atoms with Crippen molar-refractivity contribution < 1.29 is 0 Å². The van der Waals surface area contributed by atoms with E-state index in [4.69, 9.17) is 0 Å². The molecular formula is C20H21N. The smallest absolute Gasteiger partial charge is 0.0541 e. The number of benzene rings is 2. The first kappa shape index (κ1) is 13.7. The third-order valence-electron chi connectivity index (χ3n) is 3.90. The maximum atomic E-state index is 2.36. The van der Waals surface area contributed by atoms with Crippen molar-refractivity contribution in [3.05, 3.63) is 64.7 Å². The molecule has 0 saturated carbocycles. The lowest BCUT2D eigenvalue weighted by Gasteiger charge is -2.06. The van der Waals surface area contributed by atoms with E-state index in [1.54, 1.807) is 0 Å². The van der Waals surface area contributed by atoms with E-state index in [1.807, 2.05) is 0 Å². The fourth-order valence-corrected chi connectivity index (χ4v) is 3.01. The minimum absolute atomic E-state index is 1.04. The van der Waals surface area contributed by atoms with Crippen LogP contribution in [-0.4, -0.2) is 4.57 Å². The van der Waals surface area contributed by atoms with Crippen molar-refractivity contribution in [3.8, 4) is 5.69 Å². The van der Waals surface area contributed by atoms with Crippen LogP contribution in [-0.2, 0) is 0 Å². The minimum Gasteiger partial charge on any atom is -0.310 e. The molecule has 0 fully saturated rings. The number of para-hydroxylation sites is 1. The molecule has 1 aromatic heterocycles. The van der Waals surface area contributed by atoms with Crippen LogP contribution < -0.4 is 10.6 Å². The number of rotatable bonds is 2. The average molecular weight is 275 g/mol. The van der Waals surface area contributed by atoms with Crippen molar-refractivity contribution >= 4 is 23.1 Å². The van der Waals surface area contributed by atoms with E-state index in [-0.39, 0.29) is 0 Å². The summed E-state index contributed by atoms with van der Waals surface area (Å²) in [6.45, 7) is 6.47. The van der Waals surface area contributed by atoms with E-state index in [1.165, 1.54) is 32.7 Å². The molecule has 1 heteroatoms. The Balaban J connectivity index is 2.54. The fraction of sp³-hybridized carbons (Fsp3) is 0.200. The summed E-state index contributed by atoms with van der Waals surface area (Å²) < 4.78 is 2.36. The second-order valence-corrected chi connectivity index (χ2v) is 5.39. The summed E-state index contributed by atoms with van der Waals surface area (Å²) in [6.07, 6.45) is 5.59. The highest BCUT2D eigenvalue weighted by molar-refractivity contribution is 5.84. The van der Waals surface area contributed by atoms with Crippen molar-refractivity contribution in [2.24, 2.45) is 0 Å². The molecule has 0 unspecified atom stereocenters. The molecule has 3 aromatic rings. The predicted molar refractivity (Wildman–Crippen MR) is 92.2 cm³/mol. The van der Waals surface area contributed by atoms with E-state index in [0.717, 1.165) is 6.42 Å². The molecule has 106 valence electrons. The molecule has 0 aliphatic heterocycles. The third-order valence-corrected chi connectivity index (χ3v) is 3.90. The van der Waals surface area contributed by atoms with Gasteiger partial charge in [-0.15, -0.1) is 0 Å². The van der Waals surface area contributed by atoms with Crippen LogP contribution in [0, 0.1) is 6.92 Å². The van der Waals surface area contributed by atoms with E-state index in [9.17, 15) is 0 Å². The Bertz CT molecular complexity index is 883. The van der Waals surface area contributed by atoms with Gasteiger partial charge in [-0.2, -0.15) is 0 Å². The molecule has 0 spiro atoms. The minimum atomic E-state index is 1.04. The molecule has 1 nitrogen and oxygen atoms in total. The quantitative estimate of drug-likeness (QED) is 0.668. The number of fused-ring (bicyclic) bond motifs is 1. The van der Waals surface area contributed by atoms with E-state index in [2.05, 4.69) is 86.0 Å². The molecule has 1 heterocycles. The normalized spacial score (nSPS) is 13.3. The lowest BCUT2D eigenvalue weighted by Crippen LogP contribution is -2.28. The zero-order chi connectivity index (χ0) is 14.8. The maximum Gasteiger partial charge on any atom is 0.0541 e. The summed E-state index contributed by atoms with van der Waals surface area (Å²) >= 11 is 0. The summed E-state index contributed by atoms with van der Waals surface area (Å²) in [5, 5.41) is 3.97. The Hall–Kier alpha value is -2.28.